The first-order valence-electron chi connectivity index (χ1n) is 6.19. The van der Waals surface area contributed by atoms with Crippen LogP contribution in [0.3, 0.4) is 0 Å². The molecular weight excluding hydrogens is 228 g/mol. The van der Waals surface area contributed by atoms with E-state index in [1.165, 1.54) is 0 Å². The Morgan fingerprint density at radius 3 is 3.00 bits per heavy atom. The summed E-state index contributed by atoms with van der Waals surface area (Å²) in [5, 5.41) is 0. The predicted molar refractivity (Wildman–Crippen MR) is 66.3 cm³/mol. The lowest BCUT2D eigenvalue weighted by Crippen LogP contribution is -2.10. The molecule has 1 fully saturated rings. The summed E-state index contributed by atoms with van der Waals surface area (Å²) in [7, 11) is 0. The van der Waals surface area contributed by atoms with Gasteiger partial charge in [-0.15, -0.1) is 0 Å². The number of hydrogen-bond acceptors (Lipinski definition) is 4. The first-order chi connectivity index (χ1) is 8.83. The highest BCUT2D eigenvalue weighted by Gasteiger charge is 2.22. The van der Waals surface area contributed by atoms with E-state index in [1.54, 1.807) is 6.20 Å². The van der Waals surface area contributed by atoms with E-state index < -0.39 is 0 Å². The minimum Gasteiger partial charge on any atom is -0.381 e. The van der Waals surface area contributed by atoms with Crippen LogP contribution >= 0.6 is 0 Å². The van der Waals surface area contributed by atoms with Crippen molar-refractivity contribution in [2.24, 2.45) is 0 Å². The van der Waals surface area contributed by atoms with E-state index in [0.717, 1.165) is 43.4 Å². The molecule has 0 aliphatic carbocycles. The van der Waals surface area contributed by atoms with Crippen LogP contribution in [-0.4, -0.2) is 32.7 Å². The third-order valence-corrected chi connectivity index (χ3v) is 3.21. The smallest absolute Gasteiger partial charge is 0.114 e. The Hall–Kier alpha value is -1.75. The van der Waals surface area contributed by atoms with Crippen molar-refractivity contribution in [3.63, 3.8) is 0 Å². The van der Waals surface area contributed by atoms with Crippen molar-refractivity contribution in [1.29, 1.82) is 0 Å². The number of nitrogens with zero attached hydrogens (tertiary/aromatic N) is 4. The molecule has 2 aromatic rings. The molecule has 3 rings (SSSR count). The van der Waals surface area contributed by atoms with Crippen molar-refractivity contribution in [1.82, 2.24) is 19.5 Å². The Labute approximate surface area is 106 Å². The van der Waals surface area contributed by atoms with Crippen molar-refractivity contribution in [2.45, 2.75) is 25.8 Å². The average molecular weight is 244 g/mol. The fraction of sp³-hybridized carbons (Fsp3) is 0.462. The molecule has 0 N–H and O–H groups in total. The van der Waals surface area contributed by atoms with Gasteiger partial charge in [-0.05, 0) is 13.3 Å². The van der Waals surface area contributed by atoms with Gasteiger partial charge in [-0.2, -0.15) is 0 Å². The number of rotatable bonds is 3. The maximum absolute atomic E-state index is 5.42. The summed E-state index contributed by atoms with van der Waals surface area (Å²) in [6, 6.07) is 0. The third-order valence-electron chi connectivity index (χ3n) is 3.21. The van der Waals surface area contributed by atoms with Crippen LogP contribution in [0, 0.1) is 6.92 Å². The first-order valence-corrected chi connectivity index (χ1v) is 6.19. The van der Waals surface area contributed by atoms with Gasteiger partial charge in [-0.25, -0.2) is 4.98 Å². The second-order valence-electron chi connectivity index (χ2n) is 4.62. The Morgan fingerprint density at radius 1 is 1.33 bits per heavy atom. The zero-order valence-corrected chi connectivity index (χ0v) is 10.4. The van der Waals surface area contributed by atoms with Gasteiger partial charge in [0.1, 0.15) is 5.82 Å². The number of imidazole rings is 1. The van der Waals surface area contributed by atoms with Crippen molar-refractivity contribution in [3.05, 3.63) is 42.0 Å². The minimum atomic E-state index is 0.415. The summed E-state index contributed by atoms with van der Waals surface area (Å²) in [6.07, 6.45) is 8.51. The Morgan fingerprint density at radius 2 is 2.28 bits per heavy atom. The SMILES string of the molecule is Cc1cnc(Cn2ccnc2[C@H]2CCOC2)cn1. The number of aromatic nitrogens is 4. The van der Waals surface area contributed by atoms with Gasteiger partial charge in [0.25, 0.3) is 0 Å². The second-order valence-corrected chi connectivity index (χ2v) is 4.62. The molecule has 0 aromatic carbocycles. The largest absolute Gasteiger partial charge is 0.381 e. The van der Waals surface area contributed by atoms with E-state index in [0.29, 0.717) is 5.92 Å². The summed E-state index contributed by atoms with van der Waals surface area (Å²) in [6.45, 7) is 4.27. The molecule has 18 heavy (non-hydrogen) atoms. The van der Waals surface area contributed by atoms with Crippen LogP contribution in [0.1, 0.15) is 29.6 Å². The summed E-state index contributed by atoms with van der Waals surface area (Å²) in [5.74, 6) is 1.51. The third kappa shape index (κ3) is 2.26. The molecular formula is C13H16N4O. The van der Waals surface area contributed by atoms with E-state index in [1.807, 2.05) is 25.5 Å². The normalized spacial score (nSPS) is 19.3. The van der Waals surface area contributed by atoms with E-state index >= 15 is 0 Å². The molecule has 1 saturated heterocycles. The van der Waals surface area contributed by atoms with Gasteiger partial charge in [0.2, 0.25) is 0 Å². The van der Waals surface area contributed by atoms with Crippen LogP contribution in [-0.2, 0) is 11.3 Å². The summed E-state index contributed by atoms with van der Waals surface area (Å²) in [5.41, 5.74) is 1.90. The van der Waals surface area contributed by atoms with Gasteiger partial charge in [0.15, 0.2) is 0 Å². The lowest BCUT2D eigenvalue weighted by Gasteiger charge is -2.11. The van der Waals surface area contributed by atoms with Gasteiger partial charge in [0.05, 0.1) is 30.7 Å². The Kier molecular flexibility index (Phi) is 3.06. The lowest BCUT2D eigenvalue weighted by atomic mass is 10.1. The molecule has 0 radical (unpaired) electrons. The Balaban J connectivity index is 1.80. The van der Waals surface area contributed by atoms with Gasteiger partial charge in [-0.1, -0.05) is 0 Å². The molecule has 1 aliphatic rings. The van der Waals surface area contributed by atoms with Gasteiger partial charge >= 0.3 is 0 Å². The fourth-order valence-electron chi connectivity index (χ4n) is 2.23. The standard InChI is InChI=1S/C13H16N4O/c1-10-6-16-12(7-15-10)8-17-4-3-14-13(17)11-2-5-18-9-11/h3-4,6-7,11H,2,5,8-9H2,1H3/t11-/m0/s1. The topological polar surface area (TPSA) is 52.8 Å². The van der Waals surface area contributed by atoms with Crippen LogP contribution in [0.2, 0.25) is 0 Å². The van der Waals surface area contributed by atoms with Crippen molar-refractivity contribution < 1.29 is 4.74 Å². The van der Waals surface area contributed by atoms with E-state index in [2.05, 4.69) is 19.5 Å². The highest BCUT2D eigenvalue weighted by Crippen LogP contribution is 2.23. The van der Waals surface area contributed by atoms with Crippen molar-refractivity contribution in [3.8, 4) is 0 Å². The minimum absolute atomic E-state index is 0.415. The summed E-state index contributed by atoms with van der Waals surface area (Å²) >= 11 is 0. The molecule has 1 atom stereocenters. The summed E-state index contributed by atoms with van der Waals surface area (Å²) < 4.78 is 7.56. The number of hydrogen-bond donors (Lipinski definition) is 0. The zero-order chi connectivity index (χ0) is 12.4. The van der Waals surface area contributed by atoms with E-state index in [-0.39, 0.29) is 0 Å². The predicted octanol–water partition coefficient (Wildman–Crippen LogP) is 1.53. The van der Waals surface area contributed by atoms with Gasteiger partial charge in [-0.3, -0.25) is 9.97 Å². The molecule has 0 spiro atoms. The molecule has 5 nitrogen and oxygen atoms in total. The van der Waals surface area contributed by atoms with Gasteiger partial charge < -0.3 is 9.30 Å². The molecule has 0 amide bonds. The highest BCUT2D eigenvalue weighted by atomic mass is 16.5. The average Bonchev–Trinajstić information content (AvgIpc) is 3.02. The van der Waals surface area contributed by atoms with Crippen molar-refractivity contribution in [2.75, 3.05) is 13.2 Å². The number of ether oxygens (including phenoxy) is 1. The van der Waals surface area contributed by atoms with Crippen LogP contribution in [0.25, 0.3) is 0 Å². The van der Waals surface area contributed by atoms with Crippen molar-refractivity contribution >= 4 is 0 Å². The maximum Gasteiger partial charge on any atom is 0.114 e. The molecule has 0 bridgehead atoms. The molecule has 1 aliphatic heterocycles. The maximum atomic E-state index is 5.42. The van der Waals surface area contributed by atoms with E-state index in [9.17, 15) is 0 Å². The van der Waals surface area contributed by atoms with Crippen LogP contribution < -0.4 is 0 Å². The molecule has 2 aromatic heterocycles. The van der Waals surface area contributed by atoms with Gasteiger partial charge in [0, 0.05) is 31.1 Å². The molecule has 94 valence electrons. The molecule has 0 saturated carbocycles. The first kappa shape index (κ1) is 11.3. The van der Waals surface area contributed by atoms with Crippen LogP contribution in [0.5, 0.6) is 0 Å². The highest BCUT2D eigenvalue weighted by molar-refractivity contribution is 5.07. The lowest BCUT2D eigenvalue weighted by molar-refractivity contribution is 0.192. The zero-order valence-electron chi connectivity index (χ0n) is 10.4. The molecule has 0 unspecified atom stereocenters. The quantitative estimate of drug-likeness (QED) is 0.821. The van der Waals surface area contributed by atoms with Crippen LogP contribution in [0.4, 0.5) is 0 Å². The van der Waals surface area contributed by atoms with E-state index in [4.69, 9.17) is 4.74 Å². The number of aryl methyl sites for hydroxylation is 1. The Bertz CT molecular complexity index is 514. The summed E-state index contributed by atoms with van der Waals surface area (Å²) in [4.78, 5) is 13.1. The monoisotopic (exact) mass is 244 g/mol. The second kappa shape index (κ2) is 4.86. The van der Waals surface area contributed by atoms with Crippen LogP contribution in [0.15, 0.2) is 24.8 Å². The fourth-order valence-corrected chi connectivity index (χ4v) is 2.23. The molecule has 3 heterocycles. The molecule has 5 heteroatoms.